The molecule has 8 nitrogen and oxygen atoms in total. The van der Waals surface area contributed by atoms with Crippen molar-refractivity contribution in [2.45, 2.75) is 25.8 Å². The van der Waals surface area contributed by atoms with Gasteiger partial charge in [-0.15, -0.1) is 5.10 Å². The molecule has 0 atom stereocenters. The highest BCUT2D eigenvalue weighted by molar-refractivity contribution is 5.84. The van der Waals surface area contributed by atoms with Crippen molar-refractivity contribution in [2.24, 2.45) is 0 Å². The van der Waals surface area contributed by atoms with Crippen LogP contribution in [0.15, 0.2) is 6.33 Å². The van der Waals surface area contributed by atoms with Gasteiger partial charge in [0.25, 0.3) is 0 Å². The predicted molar refractivity (Wildman–Crippen MR) is 67.9 cm³/mol. The maximum Gasteiger partial charge on any atom is 0.242 e. The second-order valence-corrected chi connectivity index (χ2v) is 4.52. The number of nitrogens with two attached hydrogens (primary N) is 1. The lowest BCUT2D eigenvalue weighted by atomic mass is 10.1. The van der Waals surface area contributed by atoms with E-state index in [4.69, 9.17) is 5.73 Å². The Morgan fingerprint density at radius 2 is 2.05 bits per heavy atom. The third kappa shape index (κ3) is 3.94. The molecule has 1 saturated heterocycles. The van der Waals surface area contributed by atoms with Gasteiger partial charge in [0.2, 0.25) is 17.8 Å². The molecule has 0 saturated carbocycles. The van der Waals surface area contributed by atoms with Gasteiger partial charge in [-0.1, -0.05) is 0 Å². The van der Waals surface area contributed by atoms with Crippen molar-refractivity contribution in [2.75, 3.05) is 25.4 Å². The normalized spacial score (nSPS) is 15.3. The zero-order chi connectivity index (χ0) is 13.7. The number of likely N-dealkylation sites (tertiary alicyclic amines) is 1. The fraction of sp³-hybridized carbons (Fsp3) is 0.636. The van der Waals surface area contributed by atoms with Crippen LogP contribution in [0.4, 0.5) is 5.95 Å². The summed E-state index contributed by atoms with van der Waals surface area (Å²) in [5.74, 6) is -0.196. The lowest BCUT2D eigenvalue weighted by molar-refractivity contribution is -0.133. The van der Waals surface area contributed by atoms with Gasteiger partial charge in [0.1, 0.15) is 12.9 Å². The molecular formula is C11H18N6O2. The van der Waals surface area contributed by atoms with E-state index in [0.717, 1.165) is 25.9 Å². The summed E-state index contributed by atoms with van der Waals surface area (Å²) in [5, 5.41) is 6.37. The Morgan fingerprint density at radius 3 is 2.68 bits per heavy atom. The Kier molecular flexibility index (Phi) is 4.32. The largest absolute Gasteiger partial charge is 0.367 e. The molecule has 0 aliphatic carbocycles. The number of hydrogen-bond donors (Lipinski definition) is 2. The topological polar surface area (TPSA) is 106 Å². The average molecular weight is 266 g/mol. The van der Waals surface area contributed by atoms with Crippen molar-refractivity contribution in [1.29, 1.82) is 0 Å². The zero-order valence-electron chi connectivity index (χ0n) is 10.7. The number of nitrogens with zero attached hydrogens (tertiary/aromatic N) is 4. The molecule has 0 bridgehead atoms. The zero-order valence-corrected chi connectivity index (χ0v) is 10.7. The van der Waals surface area contributed by atoms with E-state index in [0.29, 0.717) is 0 Å². The average Bonchev–Trinajstić information content (AvgIpc) is 2.82. The van der Waals surface area contributed by atoms with E-state index < -0.39 is 0 Å². The van der Waals surface area contributed by atoms with Gasteiger partial charge < -0.3 is 16.0 Å². The number of anilines is 1. The van der Waals surface area contributed by atoms with Crippen LogP contribution in [-0.2, 0) is 16.1 Å². The van der Waals surface area contributed by atoms with Crippen molar-refractivity contribution >= 4 is 17.8 Å². The molecule has 0 radical (unpaired) electrons. The van der Waals surface area contributed by atoms with Crippen LogP contribution in [0.3, 0.4) is 0 Å². The van der Waals surface area contributed by atoms with Gasteiger partial charge in [-0.3, -0.25) is 9.59 Å². The predicted octanol–water partition coefficient (Wildman–Crippen LogP) is -1.01. The van der Waals surface area contributed by atoms with Gasteiger partial charge >= 0.3 is 0 Å². The molecule has 3 N–H and O–H groups in total. The van der Waals surface area contributed by atoms with E-state index in [9.17, 15) is 9.59 Å². The van der Waals surface area contributed by atoms with Crippen LogP contribution in [0.25, 0.3) is 0 Å². The summed E-state index contributed by atoms with van der Waals surface area (Å²) in [7, 11) is 0. The molecule has 19 heavy (non-hydrogen) atoms. The first-order chi connectivity index (χ1) is 9.15. The Labute approximate surface area is 111 Å². The molecule has 0 aromatic carbocycles. The summed E-state index contributed by atoms with van der Waals surface area (Å²) >= 11 is 0. The maximum atomic E-state index is 11.8. The van der Waals surface area contributed by atoms with Crippen molar-refractivity contribution in [3.63, 3.8) is 0 Å². The van der Waals surface area contributed by atoms with Gasteiger partial charge in [0, 0.05) is 13.1 Å². The van der Waals surface area contributed by atoms with E-state index in [2.05, 4.69) is 15.4 Å². The second-order valence-electron chi connectivity index (χ2n) is 4.52. The molecule has 2 amide bonds. The van der Waals surface area contributed by atoms with E-state index in [-0.39, 0.29) is 30.9 Å². The number of amides is 2. The first kappa shape index (κ1) is 13.3. The van der Waals surface area contributed by atoms with Crippen molar-refractivity contribution in [1.82, 2.24) is 25.0 Å². The molecule has 8 heteroatoms. The minimum Gasteiger partial charge on any atom is -0.367 e. The van der Waals surface area contributed by atoms with Crippen molar-refractivity contribution < 1.29 is 9.59 Å². The summed E-state index contributed by atoms with van der Waals surface area (Å²) in [5.41, 5.74) is 5.34. The molecule has 0 unspecified atom stereocenters. The Bertz CT molecular complexity index is 452. The van der Waals surface area contributed by atoms with Gasteiger partial charge in [0.15, 0.2) is 0 Å². The molecule has 1 aromatic rings. The highest BCUT2D eigenvalue weighted by atomic mass is 16.2. The number of carbonyl (C=O) groups excluding carboxylic acids is 2. The fourth-order valence-electron chi connectivity index (χ4n) is 2.02. The molecule has 2 rings (SSSR count). The van der Waals surface area contributed by atoms with Crippen LogP contribution in [-0.4, -0.2) is 51.1 Å². The minimum atomic E-state index is -0.282. The SMILES string of the molecule is Nc1ncn(CC(=O)NCC(=O)N2CCCCC2)n1. The van der Waals surface area contributed by atoms with Crippen LogP contribution in [0.1, 0.15) is 19.3 Å². The monoisotopic (exact) mass is 266 g/mol. The standard InChI is InChI=1S/C11H18N6O2/c12-11-14-8-17(15-11)7-9(18)13-6-10(19)16-4-2-1-3-5-16/h8H,1-7H2,(H2,12,15)(H,13,18). The number of aromatic nitrogens is 3. The number of carbonyl (C=O) groups is 2. The second kappa shape index (κ2) is 6.17. The van der Waals surface area contributed by atoms with E-state index >= 15 is 0 Å². The highest BCUT2D eigenvalue weighted by Crippen LogP contribution is 2.08. The third-order valence-corrected chi connectivity index (χ3v) is 3.01. The number of hydrogen-bond acceptors (Lipinski definition) is 5. The summed E-state index contributed by atoms with van der Waals surface area (Å²) < 4.78 is 1.33. The fourth-order valence-corrected chi connectivity index (χ4v) is 2.02. The molecule has 2 heterocycles. The first-order valence-electron chi connectivity index (χ1n) is 6.34. The summed E-state index contributed by atoms with van der Waals surface area (Å²) in [6.45, 7) is 1.61. The lowest BCUT2D eigenvalue weighted by Crippen LogP contribution is -2.43. The Hall–Kier alpha value is -2.12. The smallest absolute Gasteiger partial charge is 0.242 e. The molecule has 1 aliphatic heterocycles. The Balaban J connectivity index is 1.72. The molecule has 1 fully saturated rings. The van der Waals surface area contributed by atoms with Gasteiger partial charge in [0.05, 0.1) is 6.54 Å². The number of piperidine rings is 1. The van der Waals surface area contributed by atoms with Crippen LogP contribution in [0.2, 0.25) is 0 Å². The molecular weight excluding hydrogens is 248 g/mol. The van der Waals surface area contributed by atoms with Crippen molar-refractivity contribution in [3.8, 4) is 0 Å². The van der Waals surface area contributed by atoms with E-state index in [1.54, 1.807) is 4.90 Å². The van der Waals surface area contributed by atoms with E-state index in [1.807, 2.05) is 0 Å². The summed E-state index contributed by atoms with van der Waals surface area (Å²) in [6.07, 6.45) is 4.63. The molecule has 1 aromatic heterocycles. The van der Waals surface area contributed by atoms with Crippen LogP contribution in [0.5, 0.6) is 0 Å². The minimum absolute atomic E-state index is 0.0114. The third-order valence-electron chi connectivity index (χ3n) is 3.01. The van der Waals surface area contributed by atoms with Crippen LogP contribution < -0.4 is 11.1 Å². The number of rotatable bonds is 4. The Morgan fingerprint density at radius 1 is 1.32 bits per heavy atom. The van der Waals surface area contributed by atoms with E-state index in [1.165, 1.54) is 17.4 Å². The highest BCUT2D eigenvalue weighted by Gasteiger charge is 2.16. The number of nitrogens with one attached hydrogen (secondary N) is 1. The van der Waals surface area contributed by atoms with Crippen LogP contribution >= 0.6 is 0 Å². The molecule has 0 spiro atoms. The first-order valence-corrected chi connectivity index (χ1v) is 6.34. The van der Waals surface area contributed by atoms with Gasteiger partial charge in [-0.2, -0.15) is 0 Å². The van der Waals surface area contributed by atoms with Gasteiger partial charge in [-0.25, -0.2) is 9.67 Å². The van der Waals surface area contributed by atoms with Crippen LogP contribution in [0, 0.1) is 0 Å². The molecule has 1 aliphatic rings. The summed E-state index contributed by atoms with van der Waals surface area (Å²) in [4.78, 5) is 28.9. The van der Waals surface area contributed by atoms with Crippen molar-refractivity contribution in [3.05, 3.63) is 6.33 Å². The number of nitrogen functional groups attached to an aromatic ring is 1. The van der Waals surface area contributed by atoms with Gasteiger partial charge in [-0.05, 0) is 19.3 Å². The quantitative estimate of drug-likeness (QED) is 0.726. The summed E-state index contributed by atoms with van der Waals surface area (Å²) in [6, 6.07) is 0. The lowest BCUT2D eigenvalue weighted by Gasteiger charge is -2.26. The maximum absolute atomic E-state index is 11.8. The molecule has 104 valence electrons.